The number of methoxy groups -OCH3 is 1. The Balaban J connectivity index is 3.36. The molecule has 4 heteroatoms. The standard InChI is InChI=1S/C15H22Br2O2/c1-19-15(18)13-11-9-7-5-3-2-4-6-8-10-12-14(16)17/h3,5,7,9,12H,2,4,6,8,10-11,13H2,1H3/b5-3+,9-7-. The van der Waals surface area contributed by atoms with Crippen LogP contribution in [0.25, 0.3) is 0 Å². The summed E-state index contributed by atoms with van der Waals surface area (Å²) < 4.78 is 5.59. The number of rotatable bonds is 10. The highest BCUT2D eigenvalue weighted by Crippen LogP contribution is 2.15. The molecule has 0 N–H and O–H groups in total. The number of esters is 1. The lowest BCUT2D eigenvalue weighted by Crippen LogP contribution is -1.97. The number of allylic oxidation sites excluding steroid dienone is 5. The van der Waals surface area contributed by atoms with E-state index >= 15 is 0 Å². The van der Waals surface area contributed by atoms with Crippen LogP contribution in [0.15, 0.2) is 33.8 Å². The summed E-state index contributed by atoms with van der Waals surface area (Å²) in [4.78, 5) is 10.8. The van der Waals surface area contributed by atoms with Gasteiger partial charge in [0.25, 0.3) is 0 Å². The highest BCUT2D eigenvalue weighted by Gasteiger charge is 1.94. The number of ether oxygens (including phenoxy) is 1. The molecule has 0 bridgehead atoms. The van der Waals surface area contributed by atoms with Gasteiger partial charge in [-0.2, -0.15) is 0 Å². The van der Waals surface area contributed by atoms with Crippen LogP contribution in [-0.4, -0.2) is 13.1 Å². The molecule has 0 saturated carbocycles. The molecule has 0 aromatic heterocycles. The Morgan fingerprint density at radius 3 is 2.26 bits per heavy atom. The van der Waals surface area contributed by atoms with Crippen LogP contribution in [0, 0.1) is 0 Å². The Morgan fingerprint density at radius 1 is 1.00 bits per heavy atom. The summed E-state index contributed by atoms with van der Waals surface area (Å²) in [5.41, 5.74) is 0. The molecular weight excluding hydrogens is 372 g/mol. The van der Waals surface area contributed by atoms with E-state index in [9.17, 15) is 4.79 Å². The van der Waals surface area contributed by atoms with Crippen molar-refractivity contribution >= 4 is 37.8 Å². The molecule has 0 aliphatic rings. The SMILES string of the molecule is COC(=O)CC/C=C\C=C\CCCCCC=C(Br)Br. The lowest BCUT2D eigenvalue weighted by atomic mass is 10.1. The van der Waals surface area contributed by atoms with Crippen molar-refractivity contribution < 1.29 is 9.53 Å². The van der Waals surface area contributed by atoms with Gasteiger partial charge in [-0.25, -0.2) is 0 Å². The first-order chi connectivity index (χ1) is 9.16. The first kappa shape index (κ1) is 18.7. The molecule has 0 radical (unpaired) electrons. The van der Waals surface area contributed by atoms with Gasteiger partial charge in [0.15, 0.2) is 0 Å². The number of carbonyl (C=O) groups is 1. The molecule has 0 rings (SSSR count). The van der Waals surface area contributed by atoms with Gasteiger partial charge in [-0.15, -0.1) is 0 Å². The van der Waals surface area contributed by atoms with E-state index in [1.165, 1.54) is 26.4 Å². The van der Waals surface area contributed by atoms with Crippen molar-refractivity contribution in [3.05, 3.63) is 33.8 Å². The van der Waals surface area contributed by atoms with E-state index in [0.29, 0.717) is 6.42 Å². The van der Waals surface area contributed by atoms with Crippen LogP contribution in [0.3, 0.4) is 0 Å². The van der Waals surface area contributed by atoms with E-state index in [-0.39, 0.29) is 5.97 Å². The maximum atomic E-state index is 10.8. The Hall–Kier alpha value is -0.350. The van der Waals surface area contributed by atoms with Crippen LogP contribution in [-0.2, 0) is 9.53 Å². The molecule has 2 nitrogen and oxygen atoms in total. The molecule has 0 amide bonds. The zero-order valence-corrected chi connectivity index (χ0v) is 14.6. The van der Waals surface area contributed by atoms with Gasteiger partial charge in [-0.1, -0.05) is 36.8 Å². The number of carbonyl (C=O) groups excluding carboxylic acids is 1. The van der Waals surface area contributed by atoms with Gasteiger partial charge in [0, 0.05) is 6.42 Å². The van der Waals surface area contributed by atoms with Gasteiger partial charge in [-0.05, 0) is 64.0 Å². The minimum Gasteiger partial charge on any atom is -0.469 e. The predicted octanol–water partition coefficient (Wildman–Crippen LogP) is 5.63. The topological polar surface area (TPSA) is 26.3 Å². The van der Waals surface area contributed by atoms with Gasteiger partial charge >= 0.3 is 5.97 Å². The van der Waals surface area contributed by atoms with Crippen molar-refractivity contribution in [1.29, 1.82) is 0 Å². The maximum absolute atomic E-state index is 10.8. The van der Waals surface area contributed by atoms with Crippen LogP contribution in [0.1, 0.15) is 44.9 Å². The van der Waals surface area contributed by atoms with Crippen molar-refractivity contribution in [1.82, 2.24) is 0 Å². The molecule has 0 aliphatic carbocycles. The van der Waals surface area contributed by atoms with Crippen molar-refractivity contribution in [2.24, 2.45) is 0 Å². The summed E-state index contributed by atoms with van der Waals surface area (Å²) in [6.07, 6.45) is 17.5. The third-order valence-electron chi connectivity index (χ3n) is 2.50. The fourth-order valence-electron chi connectivity index (χ4n) is 1.45. The lowest BCUT2D eigenvalue weighted by molar-refractivity contribution is -0.140. The molecular formula is C15H22Br2O2. The third kappa shape index (κ3) is 15.6. The molecule has 19 heavy (non-hydrogen) atoms. The number of unbranched alkanes of at least 4 members (excludes halogenated alkanes) is 4. The van der Waals surface area contributed by atoms with E-state index in [1.54, 1.807) is 0 Å². The van der Waals surface area contributed by atoms with Crippen molar-refractivity contribution in [2.75, 3.05) is 7.11 Å². The van der Waals surface area contributed by atoms with E-state index in [1.807, 2.05) is 18.2 Å². The fraction of sp³-hybridized carbons (Fsp3) is 0.533. The first-order valence-electron chi connectivity index (χ1n) is 6.56. The molecule has 0 aromatic rings. The summed E-state index contributed by atoms with van der Waals surface area (Å²) in [6.45, 7) is 0. The molecule has 0 atom stereocenters. The highest BCUT2D eigenvalue weighted by molar-refractivity contribution is 9.28. The first-order valence-corrected chi connectivity index (χ1v) is 8.15. The molecule has 0 fully saturated rings. The zero-order valence-electron chi connectivity index (χ0n) is 11.4. The molecule has 108 valence electrons. The Kier molecular flexibility index (Phi) is 13.8. The van der Waals surface area contributed by atoms with Gasteiger partial charge in [0.05, 0.1) is 10.5 Å². The lowest BCUT2D eigenvalue weighted by Gasteiger charge is -1.95. The largest absolute Gasteiger partial charge is 0.469 e. The van der Waals surface area contributed by atoms with Crippen LogP contribution in [0.4, 0.5) is 0 Å². The molecule has 0 aromatic carbocycles. The molecule has 0 spiro atoms. The summed E-state index contributed by atoms with van der Waals surface area (Å²) in [5, 5.41) is 0. The van der Waals surface area contributed by atoms with Crippen LogP contribution < -0.4 is 0 Å². The van der Waals surface area contributed by atoms with Gasteiger partial charge in [0.1, 0.15) is 0 Å². The van der Waals surface area contributed by atoms with E-state index in [0.717, 1.165) is 22.7 Å². The van der Waals surface area contributed by atoms with Crippen LogP contribution in [0.5, 0.6) is 0 Å². The quantitative estimate of drug-likeness (QED) is 0.273. The number of halogens is 2. The van der Waals surface area contributed by atoms with Crippen LogP contribution >= 0.6 is 31.9 Å². The summed E-state index contributed by atoms with van der Waals surface area (Å²) in [7, 11) is 1.42. The third-order valence-corrected chi connectivity index (χ3v) is 3.15. The van der Waals surface area contributed by atoms with E-state index < -0.39 is 0 Å². The summed E-state index contributed by atoms with van der Waals surface area (Å²) >= 11 is 6.68. The average molecular weight is 394 g/mol. The van der Waals surface area contributed by atoms with Gasteiger partial charge in [-0.3, -0.25) is 4.79 Å². The Morgan fingerprint density at radius 2 is 1.63 bits per heavy atom. The number of hydrogen-bond donors (Lipinski definition) is 0. The minimum absolute atomic E-state index is 0.155. The van der Waals surface area contributed by atoms with Crippen molar-refractivity contribution in [3.8, 4) is 0 Å². The van der Waals surface area contributed by atoms with Crippen molar-refractivity contribution in [3.63, 3.8) is 0 Å². The second-order valence-corrected chi connectivity index (χ2v) is 6.88. The van der Waals surface area contributed by atoms with Gasteiger partial charge in [0.2, 0.25) is 0 Å². The Labute approximate surface area is 133 Å². The van der Waals surface area contributed by atoms with E-state index in [4.69, 9.17) is 0 Å². The summed E-state index contributed by atoms with van der Waals surface area (Å²) in [6, 6.07) is 0. The molecule has 0 unspecified atom stereocenters. The smallest absolute Gasteiger partial charge is 0.305 e. The second-order valence-electron chi connectivity index (χ2n) is 4.10. The minimum atomic E-state index is -0.155. The predicted molar refractivity (Wildman–Crippen MR) is 88.6 cm³/mol. The zero-order chi connectivity index (χ0) is 14.3. The van der Waals surface area contributed by atoms with E-state index in [2.05, 4.69) is 48.7 Å². The normalized spacial score (nSPS) is 11.1. The fourth-order valence-corrected chi connectivity index (χ4v) is 1.91. The highest BCUT2D eigenvalue weighted by atomic mass is 79.9. The second kappa shape index (κ2) is 14.1. The monoisotopic (exact) mass is 392 g/mol. The molecule has 0 aliphatic heterocycles. The number of hydrogen-bond acceptors (Lipinski definition) is 2. The summed E-state index contributed by atoms with van der Waals surface area (Å²) in [5.74, 6) is -0.155. The molecule has 0 heterocycles. The Bertz CT molecular complexity index is 316. The van der Waals surface area contributed by atoms with Crippen molar-refractivity contribution in [2.45, 2.75) is 44.9 Å². The van der Waals surface area contributed by atoms with Gasteiger partial charge < -0.3 is 4.74 Å². The van der Waals surface area contributed by atoms with Crippen LogP contribution in [0.2, 0.25) is 0 Å². The average Bonchev–Trinajstić information content (AvgIpc) is 2.39. The molecule has 0 saturated heterocycles. The maximum Gasteiger partial charge on any atom is 0.305 e.